The van der Waals surface area contributed by atoms with Gasteiger partial charge >= 0.3 is 0 Å². The fourth-order valence-corrected chi connectivity index (χ4v) is 5.96. The third-order valence-corrected chi connectivity index (χ3v) is 8.25. The van der Waals surface area contributed by atoms with Crippen molar-refractivity contribution < 1.29 is 4.57 Å². The molecule has 1 aliphatic rings. The van der Waals surface area contributed by atoms with Crippen molar-refractivity contribution in [2.24, 2.45) is 7.05 Å². The van der Waals surface area contributed by atoms with Crippen LogP contribution in [0, 0.1) is 6.92 Å². The molecule has 0 N–H and O–H groups in total. The number of allylic oxidation sites excluding steroid dienone is 2. The number of hydrogen-bond donors (Lipinski definition) is 0. The molecule has 0 unspecified atom stereocenters. The highest BCUT2D eigenvalue weighted by atomic mass is 32.1. The lowest BCUT2D eigenvalue weighted by Gasteiger charge is -2.30. The molecule has 0 atom stereocenters. The summed E-state index contributed by atoms with van der Waals surface area (Å²) in [5.74, 6) is 0. The Morgan fingerprint density at radius 2 is 1.71 bits per heavy atom. The van der Waals surface area contributed by atoms with Gasteiger partial charge in [0.05, 0.1) is 0 Å². The second-order valence-electron chi connectivity index (χ2n) is 9.33. The third-order valence-electron chi connectivity index (χ3n) is 7.08. The largest absolute Gasteiger partial charge is 0.344 e. The number of para-hydroxylation sites is 1. The van der Waals surface area contributed by atoms with Crippen LogP contribution < -0.4 is 9.47 Å². The van der Waals surface area contributed by atoms with E-state index in [9.17, 15) is 0 Å². The van der Waals surface area contributed by atoms with E-state index in [0.717, 1.165) is 19.6 Å². The summed E-state index contributed by atoms with van der Waals surface area (Å²) in [6.07, 6.45) is 4.69. The summed E-state index contributed by atoms with van der Waals surface area (Å²) < 4.78 is 3.63. The van der Waals surface area contributed by atoms with Crippen LogP contribution in [-0.2, 0) is 13.6 Å². The van der Waals surface area contributed by atoms with Crippen molar-refractivity contribution in [3.05, 3.63) is 100 Å². The summed E-state index contributed by atoms with van der Waals surface area (Å²) in [7, 11) is 4.35. The first kappa shape index (κ1) is 23.5. The van der Waals surface area contributed by atoms with Crippen LogP contribution in [0.15, 0.2) is 72.8 Å². The van der Waals surface area contributed by atoms with Gasteiger partial charge in [-0.2, -0.15) is 4.57 Å². The van der Waals surface area contributed by atoms with Crippen molar-refractivity contribution >= 4 is 44.6 Å². The zero-order chi connectivity index (χ0) is 24.5. The summed E-state index contributed by atoms with van der Waals surface area (Å²) in [5.41, 5.74) is 10.2. The molecule has 178 valence electrons. The highest BCUT2D eigenvalue weighted by molar-refractivity contribution is 7.18. The molecule has 0 radical (unpaired) electrons. The van der Waals surface area contributed by atoms with E-state index in [1.807, 2.05) is 11.3 Å². The zero-order valence-electron chi connectivity index (χ0n) is 21.4. The molecule has 4 heteroatoms. The number of aryl methyl sites for hydroxylation is 2. The van der Waals surface area contributed by atoms with Crippen LogP contribution in [0.3, 0.4) is 0 Å². The molecule has 0 amide bonds. The van der Waals surface area contributed by atoms with E-state index < -0.39 is 0 Å². The van der Waals surface area contributed by atoms with Crippen LogP contribution in [0.1, 0.15) is 41.1 Å². The number of rotatable bonds is 6. The Balaban J connectivity index is 1.57. The highest BCUT2D eigenvalue weighted by Crippen LogP contribution is 2.40. The van der Waals surface area contributed by atoms with E-state index in [4.69, 9.17) is 0 Å². The van der Waals surface area contributed by atoms with E-state index >= 15 is 0 Å². The Hall–Kier alpha value is -3.21. The molecule has 3 aromatic carbocycles. The minimum absolute atomic E-state index is 0.998. The Morgan fingerprint density at radius 1 is 0.971 bits per heavy atom. The second kappa shape index (κ2) is 9.80. The Kier molecular flexibility index (Phi) is 6.59. The summed E-state index contributed by atoms with van der Waals surface area (Å²) >= 11 is 1.85. The Morgan fingerprint density at radius 3 is 2.46 bits per heavy atom. The van der Waals surface area contributed by atoms with Crippen molar-refractivity contribution in [2.45, 2.75) is 27.3 Å². The molecular formula is C31H34N3S+. The third kappa shape index (κ3) is 4.56. The molecule has 0 fully saturated rings. The van der Waals surface area contributed by atoms with Crippen LogP contribution in [-0.4, -0.2) is 25.0 Å². The van der Waals surface area contributed by atoms with E-state index in [1.54, 1.807) is 0 Å². The highest BCUT2D eigenvalue weighted by Gasteiger charge is 2.23. The van der Waals surface area contributed by atoms with E-state index in [1.165, 1.54) is 54.4 Å². The fourth-order valence-electron chi connectivity index (χ4n) is 4.88. The first-order valence-electron chi connectivity index (χ1n) is 12.5. The van der Waals surface area contributed by atoms with Gasteiger partial charge in [-0.1, -0.05) is 73.7 Å². The van der Waals surface area contributed by atoms with Crippen molar-refractivity contribution in [1.82, 2.24) is 4.90 Å². The van der Waals surface area contributed by atoms with Crippen LogP contribution >= 0.6 is 11.3 Å². The Bertz CT molecular complexity index is 1420. The lowest BCUT2D eigenvalue weighted by molar-refractivity contribution is -0.642. The first-order chi connectivity index (χ1) is 17.0. The smallest absolute Gasteiger partial charge is 0.263 e. The lowest BCUT2D eigenvalue weighted by Crippen LogP contribution is -2.29. The van der Waals surface area contributed by atoms with Crippen molar-refractivity contribution in [2.75, 3.05) is 25.0 Å². The molecule has 0 saturated heterocycles. The van der Waals surface area contributed by atoms with Gasteiger partial charge < -0.3 is 4.90 Å². The molecule has 5 rings (SSSR count). The summed E-state index contributed by atoms with van der Waals surface area (Å²) in [5, 5.41) is 1.25. The van der Waals surface area contributed by atoms with E-state index in [0.29, 0.717) is 0 Å². The number of benzene rings is 3. The molecule has 4 aromatic rings. The molecule has 2 heterocycles. The van der Waals surface area contributed by atoms with Crippen LogP contribution in [0.2, 0.25) is 0 Å². The number of aromatic nitrogens is 1. The number of nitrogens with zero attached hydrogens (tertiary/aromatic N) is 3. The minimum Gasteiger partial charge on any atom is -0.344 e. The number of anilines is 1. The van der Waals surface area contributed by atoms with E-state index in [2.05, 4.69) is 128 Å². The number of thiazole rings is 1. The van der Waals surface area contributed by atoms with Gasteiger partial charge in [0, 0.05) is 42.7 Å². The normalized spacial score (nSPS) is 14.6. The monoisotopic (exact) mass is 480 g/mol. The Labute approximate surface area is 213 Å². The average molecular weight is 481 g/mol. The quantitative estimate of drug-likeness (QED) is 0.278. The van der Waals surface area contributed by atoms with Crippen molar-refractivity contribution in [3.8, 4) is 0 Å². The lowest BCUT2D eigenvalue weighted by atomic mass is 9.94. The van der Waals surface area contributed by atoms with Crippen molar-refractivity contribution in [1.29, 1.82) is 0 Å². The summed E-state index contributed by atoms with van der Waals surface area (Å²) in [6, 6.07) is 24.5. The van der Waals surface area contributed by atoms with Gasteiger partial charge in [-0.15, -0.1) is 0 Å². The maximum Gasteiger partial charge on any atom is 0.263 e. The molecule has 0 aliphatic carbocycles. The minimum atomic E-state index is 0.998. The second-order valence-corrected chi connectivity index (χ2v) is 10.4. The van der Waals surface area contributed by atoms with Gasteiger partial charge in [-0.3, -0.25) is 4.90 Å². The van der Waals surface area contributed by atoms with Crippen LogP contribution in [0.5, 0.6) is 0 Å². The molecule has 1 aromatic heterocycles. The predicted molar refractivity (Wildman–Crippen MR) is 151 cm³/mol. The number of hydrogen-bond acceptors (Lipinski definition) is 3. The summed E-state index contributed by atoms with van der Waals surface area (Å²) in [6.45, 7) is 9.76. The SMILES string of the molecule is CCN(CC)Cc1ccc(C2=C/C(=C/c3sc4ccc(C)cc4[n+]3C)c3ccccc3N2C)cc1. The van der Waals surface area contributed by atoms with Crippen LogP contribution in [0.4, 0.5) is 5.69 Å². The van der Waals surface area contributed by atoms with Gasteiger partial charge in [0.25, 0.3) is 5.01 Å². The number of fused-ring (bicyclic) bond motifs is 2. The molecule has 35 heavy (non-hydrogen) atoms. The fraction of sp³-hybridized carbons (Fsp3) is 0.258. The van der Waals surface area contributed by atoms with Crippen molar-refractivity contribution in [3.63, 3.8) is 0 Å². The van der Waals surface area contributed by atoms with Gasteiger partial charge in [-0.05, 0) is 60.5 Å². The zero-order valence-corrected chi connectivity index (χ0v) is 22.2. The molecule has 3 nitrogen and oxygen atoms in total. The first-order valence-corrected chi connectivity index (χ1v) is 13.3. The molecule has 0 saturated carbocycles. The standard InChI is InChI=1S/C31H34N3S/c1-6-34(7-2)21-23-13-15-24(16-14-23)28-19-25(26-10-8-9-11-27(26)32(28)4)20-31-33(5)29-18-22(3)12-17-30(29)35-31/h8-20H,6-7,21H2,1-5H3/q+1. The molecule has 0 spiro atoms. The maximum atomic E-state index is 2.45. The van der Waals surface area contributed by atoms with Gasteiger partial charge in [0.2, 0.25) is 5.52 Å². The molecular weight excluding hydrogens is 446 g/mol. The predicted octanol–water partition coefficient (Wildman–Crippen LogP) is 6.91. The maximum absolute atomic E-state index is 2.45. The van der Waals surface area contributed by atoms with Gasteiger partial charge in [0.1, 0.15) is 11.7 Å². The van der Waals surface area contributed by atoms with Gasteiger partial charge in [-0.25, -0.2) is 0 Å². The topological polar surface area (TPSA) is 10.4 Å². The molecule has 0 bridgehead atoms. The van der Waals surface area contributed by atoms with Crippen LogP contribution in [0.25, 0.3) is 27.6 Å². The summed E-state index contributed by atoms with van der Waals surface area (Å²) in [4.78, 5) is 4.77. The average Bonchev–Trinajstić information content (AvgIpc) is 3.19. The van der Waals surface area contributed by atoms with Gasteiger partial charge in [0.15, 0.2) is 0 Å². The van der Waals surface area contributed by atoms with E-state index in [-0.39, 0.29) is 0 Å². The molecule has 1 aliphatic heterocycles.